The summed E-state index contributed by atoms with van der Waals surface area (Å²) in [5.41, 5.74) is 0.844. The zero-order chi connectivity index (χ0) is 22.1. The van der Waals surface area contributed by atoms with Gasteiger partial charge in [0.05, 0.1) is 25.7 Å². The van der Waals surface area contributed by atoms with Gasteiger partial charge in [-0.05, 0) is 37.8 Å². The lowest BCUT2D eigenvalue weighted by Crippen LogP contribution is -2.32. The highest BCUT2D eigenvalue weighted by molar-refractivity contribution is 7.99. The van der Waals surface area contributed by atoms with Gasteiger partial charge in [0, 0.05) is 26.1 Å². The van der Waals surface area contributed by atoms with Crippen LogP contribution in [0.3, 0.4) is 0 Å². The fourth-order valence-electron chi connectivity index (χ4n) is 3.42. The lowest BCUT2D eigenvalue weighted by atomic mass is 10.1. The van der Waals surface area contributed by atoms with Crippen LogP contribution in [-0.4, -0.2) is 66.2 Å². The van der Waals surface area contributed by atoms with Gasteiger partial charge < -0.3 is 19.7 Å². The SMILES string of the molecule is COC(=O)CCCNC(=O)CSc1nnc(N2CCCCC2)n1-c1ccccc1OC. The number of ether oxygens (including phenoxy) is 2. The second kappa shape index (κ2) is 11.6. The van der Waals surface area contributed by atoms with Crippen LogP contribution in [0.2, 0.25) is 0 Å². The summed E-state index contributed by atoms with van der Waals surface area (Å²) in [5, 5.41) is 12.3. The van der Waals surface area contributed by atoms with E-state index in [2.05, 4.69) is 25.2 Å². The predicted molar refractivity (Wildman–Crippen MR) is 119 cm³/mol. The number of amides is 1. The molecule has 1 N–H and O–H groups in total. The number of anilines is 1. The first-order chi connectivity index (χ1) is 15.1. The van der Waals surface area contributed by atoms with Crippen LogP contribution in [0.4, 0.5) is 5.95 Å². The number of nitrogens with one attached hydrogen (secondary N) is 1. The molecule has 1 aliphatic heterocycles. The van der Waals surface area contributed by atoms with Gasteiger partial charge in [-0.25, -0.2) is 0 Å². The Labute approximate surface area is 186 Å². The topological polar surface area (TPSA) is 98.6 Å². The van der Waals surface area contributed by atoms with Gasteiger partial charge in [0.2, 0.25) is 11.9 Å². The van der Waals surface area contributed by atoms with Gasteiger partial charge in [-0.15, -0.1) is 10.2 Å². The molecule has 1 aromatic carbocycles. The first-order valence-electron chi connectivity index (χ1n) is 10.4. The lowest BCUT2D eigenvalue weighted by molar-refractivity contribution is -0.140. The molecular formula is C21H29N5O4S. The number of esters is 1. The Morgan fingerprint density at radius 1 is 1.13 bits per heavy atom. The van der Waals surface area contributed by atoms with Crippen molar-refractivity contribution in [3.63, 3.8) is 0 Å². The van der Waals surface area contributed by atoms with E-state index in [1.54, 1.807) is 7.11 Å². The number of para-hydroxylation sites is 2. The van der Waals surface area contributed by atoms with Gasteiger partial charge in [-0.2, -0.15) is 0 Å². The molecule has 0 unspecified atom stereocenters. The summed E-state index contributed by atoms with van der Waals surface area (Å²) in [6.45, 7) is 2.28. The van der Waals surface area contributed by atoms with Crippen LogP contribution in [0.1, 0.15) is 32.1 Å². The van der Waals surface area contributed by atoms with E-state index in [1.807, 2.05) is 28.8 Å². The van der Waals surface area contributed by atoms with Crippen molar-refractivity contribution in [3.05, 3.63) is 24.3 Å². The van der Waals surface area contributed by atoms with Crippen LogP contribution in [0.15, 0.2) is 29.4 Å². The lowest BCUT2D eigenvalue weighted by Gasteiger charge is -2.28. The fourth-order valence-corrected chi connectivity index (χ4v) is 4.19. The van der Waals surface area contributed by atoms with Gasteiger partial charge in [0.15, 0.2) is 5.16 Å². The maximum atomic E-state index is 12.3. The monoisotopic (exact) mass is 447 g/mol. The van der Waals surface area contributed by atoms with Crippen LogP contribution in [0, 0.1) is 0 Å². The average Bonchev–Trinajstić information content (AvgIpc) is 3.24. The van der Waals surface area contributed by atoms with Crippen LogP contribution < -0.4 is 15.0 Å². The molecule has 2 aromatic rings. The van der Waals surface area contributed by atoms with Crippen LogP contribution in [0.5, 0.6) is 5.75 Å². The third kappa shape index (κ3) is 6.13. The van der Waals surface area contributed by atoms with Crippen LogP contribution in [0.25, 0.3) is 5.69 Å². The molecule has 10 heteroatoms. The zero-order valence-corrected chi connectivity index (χ0v) is 18.8. The molecule has 1 amide bonds. The minimum atomic E-state index is -0.279. The predicted octanol–water partition coefficient (Wildman–Crippen LogP) is 2.43. The van der Waals surface area contributed by atoms with Crippen molar-refractivity contribution < 1.29 is 19.1 Å². The maximum absolute atomic E-state index is 12.3. The summed E-state index contributed by atoms with van der Waals surface area (Å²) in [5.74, 6) is 1.29. The minimum Gasteiger partial charge on any atom is -0.495 e. The summed E-state index contributed by atoms with van der Waals surface area (Å²) >= 11 is 1.33. The van der Waals surface area contributed by atoms with E-state index in [4.69, 9.17) is 4.74 Å². The number of benzene rings is 1. The highest BCUT2D eigenvalue weighted by Gasteiger charge is 2.23. The number of hydrogen-bond donors (Lipinski definition) is 1. The Kier molecular flexibility index (Phi) is 8.57. The summed E-state index contributed by atoms with van der Waals surface area (Å²) in [4.78, 5) is 25.7. The second-order valence-electron chi connectivity index (χ2n) is 7.16. The Balaban J connectivity index is 1.72. The van der Waals surface area contributed by atoms with E-state index in [1.165, 1.54) is 25.3 Å². The number of nitrogens with zero attached hydrogens (tertiary/aromatic N) is 4. The first-order valence-corrected chi connectivity index (χ1v) is 11.4. The molecule has 9 nitrogen and oxygen atoms in total. The van der Waals surface area contributed by atoms with Gasteiger partial charge in [0.1, 0.15) is 5.75 Å². The number of carbonyl (C=O) groups excluding carboxylic acids is 2. The van der Waals surface area contributed by atoms with Crippen molar-refractivity contribution in [2.45, 2.75) is 37.3 Å². The standard InChI is InChI=1S/C21H29N5O4S/c1-29-17-10-5-4-9-16(17)26-20(25-13-6-3-7-14-25)23-24-21(26)31-15-18(27)22-12-8-11-19(28)30-2/h4-5,9-10H,3,6-8,11-15H2,1-2H3,(H,22,27). The molecule has 0 atom stereocenters. The van der Waals surface area contributed by atoms with Gasteiger partial charge in [-0.3, -0.25) is 14.2 Å². The second-order valence-corrected chi connectivity index (χ2v) is 8.10. The number of carbonyl (C=O) groups is 2. The number of rotatable bonds is 10. The highest BCUT2D eigenvalue weighted by Crippen LogP contribution is 2.32. The Bertz CT molecular complexity index is 882. The smallest absolute Gasteiger partial charge is 0.305 e. The molecule has 168 valence electrons. The molecule has 31 heavy (non-hydrogen) atoms. The molecule has 0 bridgehead atoms. The molecule has 0 spiro atoms. The number of methoxy groups -OCH3 is 2. The van der Waals surface area contributed by atoms with E-state index in [9.17, 15) is 9.59 Å². The molecule has 1 saturated heterocycles. The zero-order valence-electron chi connectivity index (χ0n) is 18.0. The average molecular weight is 448 g/mol. The van der Waals surface area contributed by atoms with Crippen molar-refractivity contribution in [3.8, 4) is 11.4 Å². The molecule has 3 rings (SSSR count). The fraction of sp³-hybridized carbons (Fsp3) is 0.524. The summed E-state index contributed by atoms with van der Waals surface area (Å²) in [6, 6.07) is 7.73. The number of piperidine rings is 1. The largest absolute Gasteiger partial charge is 0.495 e. The summed E-state index contributed by atoms with van der Waals surface area (Å²) < 4.78 is 12.1. The maximum Gasteiger partial charge on any atom is 0.305 e. The minimum absolute atomic E-state index is 0.121. The van der Waals surface area contributed by atoms with E-state index in [-0.39, 0.29) is 24.1 Å². The quantitative estimate of drug-likeness (QED) is 0.337. The summed E-state index contributed by atoms with van der Waals surface area (Å²) in [6.07, 6.45) is 4.28. The Morgan fingerprint density at radius 3 is 2.65 bits per heavy atom. The van der Waals surface area contributed by atoms with E-state index in [0.717, 1.165) is 43.3 Å². The Morgan fingerprint density at radius 2 is 1.90 bits per heavy atom. The van der Waals surface area contributed by atoms with E-state index < -0.39 is 0 Å². The molecule has 2 heterocycles. The highest BCUT2D eigenvalue weighted by atomic mass is 32.2. The number of aromatic nitrogens is 3. The number of thioether (sulfide) groups is 1. The molecular weight excluding hydrogens is 418 g/mol. The summed E-state index contributed by atoms with van der Waals surface area (Å²) in [7, 11) is 2.99. The van der Waals surface area contributed by atoms with Gasteiger partial charge in [0.25, 0.3) is 0 Å². The van der Waals surface area contributed by atoms with Crippen molar-refractivity contribution in [1.82, 2.24) is 20.1 Å². The van der Waals surface area contributed by atoms with Crippen molar-refractivity contribution in [2.75, 3.05) is 44.5 Å². The molecule has 1 aromatic heterocycles. The van der Waals surface area contributed by atoms with Gasteiger partial charge >= 0.3 is 5.97 Å². The van der Waals surface area contributed by atoms with Crippen LogP contribution in [-0.2, 0) is 14.3 Å². The normalized spacial score (nSPS) is 13.7. The van der Waals surface area contributed by atoms with Crippen molar-refractivity contribution in [1.29, 1.82) is 0 Å². The van der Waals surface area contributed by atoms with E-state index in [0.29, 0.717) is 18.1 Å². The van der Waals surface area contributed by atoms with Crippen molar-refractivity contribution >= 4 is 29.6 Å². The van der Waals surface area contributed by atoms with Crippen LogP contribution >= 0.6 is 11.8 Å². The molecule has 0 saturated carbocycles. The third-order valence-corrected chi connectivity index (χ3v) is 5.95. The molecule has 0 radical (unpaired) electrons. The number of hydrogen-bond acceptors (Lipinski definition) is 8. The molecule has 1 aliphatic rings. The molecule has 1 fully saturated rings. The van der Waals surface area contributed by atoms with E-state index >= 15 is 0 Å². The third-order valence-electron chi connectivity index (χ3n) is 5.02. The van der Waals surface area contributed by atoms with Gasteiger partial charge in [-0.1, -0.05) is 23.9 Å². The molecule has 0 aliphatic carbocycles. The van der Waals surface area contributed by atoms with Crippen molar-refractivity contribution in [2.24, 2.45) is 0 Å². The first kappa shape index (κ1) is 22.9. The Hall–Kier alpha value is -2.75.